The van der Waals surface area contributed by atoms with Crippen LogP contribution in [0.5, 0.6) is 5.88 Å². The molecule has 64 valence electrons. The van der Waals surface area contributed by atoms with E-state index in [4.69, 9.17) is 4.74 Å². The maximum Gasteiger partial charge on any atom is 0.232 e. The zero-order valence-electron chi connectivity index (χ0n) is 6.29. The van der Waals surface area contributed by atoms with E-state index in [1.807, 2.05) is 0 Å². The number of methoxy groups -OCH3 is 1. The van der Waals surface area contributed by atoms with Gasteiger partial charge < -0.3 is 4.74 Å². The monoisotopic (exact) mass is 280 g/mol. The van der Waals surface area contributed by atoms with E-state index in [2.05, 4.69) is 9.97 Å². The van der Waals surface area contributed by atoms with Crippen LogP contribution in [0.25, 0.3) is 5.83 Å². The Morgan fingerprint density at radius 1 is 1.58 bits per heavy atom. The first-order valence-corrected chi connectivity index (χ1v) is 4.34. The molecule has 3 nitrogen and oxygen atoms in total. The number of halogens is 2. The fourth-order valence-electron chi connectivity index (χ4n) is 0.601. The van der Waals surface area contributed by atoms with E-state index in [0.717, 1.165) is 0 Å². The van der Waals surface area contributed by atoms with Crippen molar-refractivity contribution in [3.8, 4) is 5.88 Å². The number of aromatic nitrogens is 2. The Morgan fingerprint density at radius 2 is 2.33 bits per heavy atom. The zero-order valence-corrected chi connectivity index (χ0v) is 8.45. The summed E-state index contributed by atoms with van der Waals surface area (Å²) in [4.78, 5) is 7.58. The lowest BCUT2D eigenvalue weighted by molar-refractivity contribution is 0.395. The summed E-state index contributed by atoms with van der Waals surface area (Å²) in [7, 11) is 1.48. The lowest BCUT2D eigenvalue weighted by atomic mass is 10.4. The molecule has 0 radical (unpaired) electrons. The van der Waals surface area contributed by atoms with Gasteiger partial charge in [0.25, 0.3) is 0 Å². The molecule has 0 amide bonds. The highest BCUT2D eigenvalue weighted by atomic mass is 127. The summed E-state index contributed by atoms with van der Waals surface area (Å²) >= 11 is 1.80. The topological polar surface area (TPSA) is 35.0 Å². The smallest absolute Gasteiger partial charge is 0.232 e. The number of hydrogen-bond donors (Lipinski definition) is 0. The van der Waals surface area contributed by atoms with Crippen LogP contribution >= 0.6 is 22.6 Å². The summed E-state index contributed by atoms with van der Waals surface area (Å²) in [5, 5.41) is 0. The molecule has 0 atom stereocenters. The molecule has 0 N–H and O–H groups in total. The quantitative estimate of drug-likeness (QED) is 0.779. The van der Waals surface area contributed by atoms with Crippen molar-refractivity contribution in [1.82, 2.24) is 9.97 Å². The normalized spacial score (nSPS) is 11.4. The van der Waals surface area contributed by atoms with E-state index in [0.29, 0.717) is 5.88 Å². The van der Waals surface area contributed by atoms with Crippen LogP contribution in [0.2, 0.25) is 0 Å². The molecule has 0 aliphatic carbocycles. The van der Waals surface area contributed by atoms with E-state index >= 15 is 0 Å². The average Bonchev–Trinajstić information content (AvgIpc) is 2.17. The van der Waals surface area contributed by atoms with Gasteiger partial charge in [-0.1, -0.05) is 0 Å². The molecular formula is C7H6FIN2O. The van der Waals surface area contributed by atoms with Crippen molar-refractivity contribution >= 4 is 28.4 Å². The van der Waals surface area contributed by atoms with Gasteiger partial charge in [0.2, 0.25) is 5.88 Å². The SMILES string of the molecule is COc1cnc(/C(F)=C/I)cn1. The Hall–Kier alpha value is -0.720. The van der Waals surface area contributed by atoms with Gasteiger partial charge in [-0.3, -0.25) is 0 Å². The Kier molecular flexibility index (Phi) is 3.39. The molecular weight excluding hydrogens is 274 g/mol. The third kappa shape index (κ3) is 2.13. The van der Waals surface area contributed by atoms with Crippen LogP contribution in [0.1, 0.15) is 5.69 Å². The minimum absolute atomic E-state index is 0.213. The summed E-state index contributed by atoms with van der Waals surface area (Å²) in [6, 6.07) is 0. The summed E-state index contributed by atoms with van der Waals surface area (Å²) in [6.45, 7) is 0. The largest absolute Gasteiger partial charge is 0.480 e. The first kappa shape index (κ1) is 9.37. The summed E-state index contributed by atoms with van der Waals surface area (Å²) in [5.41, 5.74) is 0.213. The van der Waals surface area contributed by atoms with Crippen LogP contribution in [0.3, 0.4) is 0 Å². The number of rotatable bonds is 2. The second-order valence-corrected chi connectivity index (χ2v) is 2.52. The van der Waals surface area contributed by atoms with Crippen molar-refractivity contribution in [1.29, 1.82) is 0 Å². The molecule has 0 aromatic carbocycles. The van der Waals surface area contributed by atoms with Gasteiger partial charge in [-0.2, -0.15) is 0 Å². The Balaban J connectivity index is 2.92. The third-order valence-electron chi connectivity index (χ3n) is 1.18. The third-order valence-corrected chi connectivity index (χ3v) is 1.72. The molecule has 5 heteroatoms. The molecule has 0 bridgehead atoms. The minimum Gasteiger partial charge on any atom is -0.480 e. The van der Waals surface area contributed by atoms with Gasteiger partial charge in [-0.05, 0) is 22.6 Å². The average molecular weight is 280 g/mol. The van der Waals surface area contributed by atoms with Crippen molar-refractivity contribution in [3.63, 3.8) is 0 Å². The molecule has 0 aliphatic heterocycles. The molecule has 0 aliphatic rings. The van der Waals surface area contributed by atoms with E-state index in [-0.39, 0.29) is 5.69 Å². The van der Waals surface area contributed by atoms with Gasteiger partial charge in [0.15, 0.2) is 5.83 Å². The maximum atomic E-state index is 12.8. The minimum atomic E-state index is -0.397. The Labute approximate surface area is 82.8 Å². The first-order chi connectivity index (χ1) is 5.77. The fraction of sp³-hybridized carbons (Fsp3) is 0.143. The molecule has 12 heavy (non-hydrogen) atoms. The maximum absolute atomic E-state index is 12.8. The van der Waals surface area contributed by atoms with E-state index in [9.17, 15) is 4.39 Å². The molecule has 1 aromatic heterocycles. The van der Waals surface area contributed by atoms with Crippen molar-refractivity contribution in [2.24, 2.45) is 0 Å². The van der Waals surface area contributed by atoms with Crippen molar-refractivity contribution in [3.05, 3.63) is 22.2 Å². The number of nitrogens with zero attached hydrogens (tertiary/aromatic N) is 2. The molecule has 0 unspecified atom stereocenters. The van der Waals surface area contributed by atoms with Crippen LogP contribution in [0.4, 0.5) is 4.39 Å². The van der Waals surface area contributed by atoms with Gasteiger partial charge in [0, 0.05) is 4.08 Å². The van der Waals surface area contributed by atoms with Gasteiger partial charge in [0.05, 0.1) is 19.5 Å². The van der Waals surface area contributed by atoms with Crippen molar-refractivity contribution in [2.75, 3.05) is 7.11 Å². The Bertz CT molecular complexity index is 286. The molecule has 0 fully saturated rings. The highest BCUT2D eigenvalue weighted by molar-refractivity contribution is 14.1. The lowest BCUT2D eigenvalue weighted by Crippen LogP contribution is -1.91. The van der Waals surface area contributed by atoms with Crippen molar-refractivity contribution < 1.29 is 9.13 Å². The summed E-state index contributed by atoms with van der Waals surface area (Å²) < 4.78 is 18.9. The Morgan fingerprint density at radius 3 is 2.75 bits per heavy atom. The van der Waals surface area contributed by atoms with Crippen molar-refractivity contribution in [2.45, 2.75) is 0 Å². The molecule has 0 spiro atoms. The second kappa shape index (κ2) is 4.34. The van der Waals surface area contributed by atoms with Crippen LogP contribution < -0.4 is 4.74 Å². The summed E-state index contributed by atoms with van der Waals surface area (Å²) in [6.07, 6.45) is 2.69. The zero-order chi connectivity index (χ0) is 8.97. The lowest BCUT2D eigenvalue weighted by Gasteiger charge is -1.97. The number of ether oxygens (including phenoxy) is 1. The predicted octanol–water partition coefficient (Wildman–Crippen LogP) is 2.19. The first-order valence-electron chi connectivity index (χ1n) is 3.10. The molecule has 1 rings (SSSR count). The van der Waals surface area contributed by atoms with Gasteiger partial charge in [-0.25, -0.2) is 14.4 Å². The van der Waals surface area contributed by atoms with E-state index < -0.39 is 5.83 Å². The van der Waals surface area contributed by atoms with Crippen LogP contribution in [-0.4, -0.2) is 17.1 Å². The van der Waals surface area contributed by atoms with Gasteiger partial charge in [0.1, 0.15) is 5.69 Å². The van der Waals surface area contributed by atoms with E-state index in [1.165, 1.54) is 23.6 Å². The predicted molar refractivity (Wildman–Crippen MR) is 51.7 cm³/mol. The number of hydrogen-bond acceptors (Lipinski definition) is 3. The highest BCUT2D eigenvalue weighted by Crippen LogP contribution is 2.15. The molecule has 0 saturated heterocycles. The standard InChI is InChI=1S/C7H6FIN2O/c1-12-7-4-10-6(3-11-7)5(8)2-9/h2-4H,1H3/b5-2-. The second-order valence-electron chi connectivity index (χ2n) is 1.90. The fourth-order valence-corrected chi connectivity index (χ4v) is 0.920. The van der Waals surface area contributed by atoms with E-state index in [1.54, 1.807) is 22.6 Å². The van der Waals surface area contributed by atoms with Gasteiger partial charge >= 0.3 is 0 Å². The van der Waals surface area contributed by atoms with Crippen LogP contribution in [0.15, 0.2) is 16.5 Å². The molecule has 1 heterocycles. The highest BCUT2D eigenvalue weighted by Gasteiger charge is 2.01. The van der Waals surface area contributed by atoms with Crippen LogP contribution in [-0.2, 0) is 0 Å². The van der Waals surface area contributed by atoms with Crippen LogP contribution in [0, 0.1) is 0 Å². The molecule has 0 saturated carbocycles. The molecule has 1 aromatic rings. The summed E-state index contributed by atoms with van der Waals surface area (Å²) in [5.74, 6) is -0.0224. The van der Waals surface area contributed by atoms with Gasteiger partial charge in [-0.15, -0.1) is 0 Å².